The van der Waals surface area contributed by atoms with Crippen molar-refractivity contribution in [2.75, 3.05) is 11.9 Å². The van der Waals surface area contributed by atoms with Crippen LogP contribution in [0.25, 0.3) is 22.2 Å². The third-order valence-corrected chi connectivity index (χ3v) is 4.62. The Balaban J connectivity index is 1.57. The largest absolute Gasteiger partial charge is 0.479 e. The van der Waals surface area contributed by atoms with Crippen LogP contribution >= 0.6 is 0 Å². The van der Waals surface area contributed by atoms with Crippen molar-refractivity contribution in [2.24, 2.45) is 0 Å². The van der Waals surface area contributed by atoms with Crippen LogP contribution in [0.2, 0.25) is 0 Å². The first-order chi connectivity index (χ1) is 14.2. The van der Waals surface area contributed by atoms with Crippen molar-refractivity contribution in [3.8, 4) is 23.1 Å². The number of ether oxygens (including phenoxy) is 1. The fraction of sp³-hybridized carbons (Fsp3) is 0.0833. The van der Waals surface area contributed by atoms with E-state index in [9.17, 15) is 4.79 Å². The van der Waals surface area contributed by atoms with Crippen LogP contribution in [0.4, 0.5) is 5.69 Å². The third-order valence-electron chi connectivity index (χ3n) is 4.62. The predicted molar refractivity (Wildman–Crippen MR) is 114 cm³/mol. The molecule has 0 saturated heterocycles. The van der Waals surface area contributed by atoms with E-state index in [2.05, 4.69) is 17.4 Å². The second-order valence-electron chi connectivity index (χ2n) is 6.56. The molecule has 0 aliphatic heterocycles. The zero-order chi connectivity index (χ0) is 20.1. The normalized spacial score (nSPS) is 10.4. The molecule has 3 aromatic carbocycles. The number of nitriles is 1. The van der Waals surface area contributed by atoms with Gasteiger partial charge in [-0.25, -0.2) is 0 Å². The number of fused-ring (bicyclic) bond motifs is 1. The highest BCUT2D eigenvalue weighted by molar-refractivity contribution is 5.94. The molecule has 0 aliphatic carbocycles. The molecular formula is C24H19N3O2. The zero-order valence-electron chi connectivity index (χ0n) is 15.7. The zero-order valence-corrected chi connectivity index (χ0v) is 15.7. The van der Waals surface area contributed by atoms with Crippen LogP contribution in [0.1, 0.15) is 0 Å². The van der Waals surface area contributed by atoms with E-state index in [-0.39, 0.29) is 19.1 Å². The Morgan fingerprint density at radius 1 is 0.966 bits per heavy atom. The first-order valence-electron chi connectivity index (χ1n) is 9.28. The Morgan fingerprint density at radius 2 is 1.69 bits per heavy atom. The van der Waals surface area contributed by atoms with Crippen LogP contribution in [-0.2, 0) is 11.3 Å². The van der Waals surface area contributed by atoms with E-state index >= 15 is 0 Å². The fourth-order valence-electron chi connectivity index (χ4n) is 3.32. The SMILES string of the molecule is N#CCOc1ccc(NC(=O)Cn2c(-c3ccccc3)cc3ccccc32)cc1. The van der Waals surface area contributed by atoms with E-state index in [4.69, 9.17) is 10.00 Å². The minimum absolute atomic E-state index is 0.00529. The van der Waals surface area contributed by atoms with Gasteiger partial charge in [0.25, 0.3) is 0 Å². The smallest absolute Gasteiger partial charge is 0.244 e. The number of para-hydroxylation sites is 1. The lowest BCUT2D eigenvalue weighted by atomic mass is 10.1. The number of amides is 1. The van der Waals surface area contributed by atoms with Crippen molar-refractivity contribution in [1.29, 1.82) is 5.26 Å². The van der Waals surface area contributed by atoms with Gasteiger partial charge in [-0.1, -0.05) is 48.5 Å². The number of benzene rings is 3. The molecule has 0 radical (unpaired) electrons. The summed E-state index contributed by atoms with van der Waals surface area (Å²) in [5.41, 5.74) is 3.76. The summed E-state index contributed by atoms with van der Waals surface area (Å²) < 4.78 is 7.27. The first-order valence-corrected chi connectivity index (χ1v) is 9.28. The second kappa shape index (κ2) is 8.32. The van der Waals surface area contributed by atoms with Crippen molar-refractivity contribution in [3.05, 3.63) is 84.9 Å². The Labute approximate surface area is 168 Å². The molecule has 0 fully saturated rings. The number of hydrogen-bond acceptors (Lipinski definition) is 3. The van der Waals surface area contributed by atoms with Gasteiger partial charge in [0.15, 0.2) is 6.61 Å². The van der Waals surface area contributed by atoms with Crippen LogP contribution in [0.3, 0.4) is 0 Å². The molecule has 0 saturated carbocycles. The van der Waals surface area contributed by atoms with Crippen LogP contribution in [0.5, 0.6) is 5.75 Å². The Kier molecular flexibility index (Phi) is 5.26. The summed E-state index contributed by atoms with van der Waals surface area (Å²) in [4.78, 5) is 12.8. The van der Waals surface area contributed by atoms with Crippen molar-refractivity contribution in [3.63, 3.8) is 0 Å². The van der Waals surface area contributed by atoms with Gasteiger partial charge in [-0.2, -0.15) is 5.26 Å². The third kappa shape index (κ3) is 4.12. The van der Waals surface area contributed by atoms with Crippen LogP contribution in [-0.4, -0.2) is 17.1 Å². The molecule has 1 heterocycles. The second-order valence-corrected chi connectivity index (χ2v) is 6.56. The van der Waals surface area contributed by atoms with Crippen molar-refractivity contribution in [1.82, 2.24) is 4.57 Å². The lowest BCUT2D eigenvalue weighted by Crippen LogP contribution is -2.19. The summed E-state index contributed by atoms with van der Waals surface area (Å²) in [5.74, 6) is 0.474. The van der Waals surface area contributed by atoms with E-state index < -0.39 is 0 Å². The summed E-state index contributed by atoms with van der Waals surface area (Å²) in [7, 11) is 0. The summed E-state index contributed by atoms with van der Waals surface area (Å²) in [6.45, 7) is 0.194. The highest BCUT2D eigenvalue weighted by Crippen LogP contribution is 2.28. The first kappa shape index (κ1) is 18.3. The van der Waals surface area contributed by atoms with Crippen LogP contribution in [0, 0.1) is 11.3 Å². The molecule has 0 unspecified atom stereocenters. The Hall–Kier alpha value is -4.04. The molecule has 4 aromatic rings. The standard InChI is InChI=1S/C24H19N3O2/c25-14-15-29-21-12-10-20(11-13-21)26-24(28)17-27-22-9-5-4-8-19(22)16-23(27)18-6-2-1-3-7-18/h1-13,16H,15,17H2,(H,26,28). The van der Waals surface area contributed by atoms with Crippen LogP contribution in [0.15, 0.2) is 84.9 Å². The number of carbonyl (C=O) groups is 1. The number of hydrogen-bond donors (Lipinski definition) is 1. The maximum Gasteiger partial charge on any atom is 0.244 e. The number of anilines is 1. The van der Waals surface area contributed by atoms with Gasteiger partial charge in [0, 0.05) is 22.3 Å². The summed E-state index contributed by atoms with van der Waals surface area (Å²) in [5, 5.41) is 12.6. The molecule has 5 nitrogen and oxygen atoms in total. The number of carbonyl (C=O) groups excluding carboxylic acids is 1. The number of nitrogens with zero attached hydrogens (tertiary/aromatic N) is 2. The van der Waals surface area contributed by atoms with Crippen molar-refractivity contribution >= 4 is 22.5 Å². The molecule has 1 aromatic heterocycles. The van der Waals surface area contributed by atoms with E-state index in [1.807, 2.05) is 59.2 Å². The minimum Gasteiger partial charge on any atom is -0.479 e. The van der Waals surface area contributed by atoms with E-state index in [1.54, 1.807) is 24.3 Å². The summed E-state index contributed by atoms with van der Waals surface area (Å²) >= 11 is 0. The van der Waals surface area contributed by atoms with Gasteiger partial charge in [0.2, 0.25) is 5.91 Å². The molecular weight excluding hydrogens is 362 g/mol. The molecule has 5 heteroatoms. The molecule has 142 valence electrons. The number of nitrogens with one attached hydrogen (secondary N) is 1. The van der Waals surface area contributed by atoms with Gasteiger partial charge in [0.1, 0.15) is 18.4 Å². The maximum absolute atomic E-state index is 12.8. The van der Waals surface area contributed by atoms with Crippen LogP contribution < -0.4 is 10.1 Å². The van der Waals surface area contributed by atoms with Gasteiger partial charge in [-0.3, -0.25) is 4.79 Å². The molecule has 0 aliphatic rings. The minimum atomic E-state index is -0.116. The molecule has 0 spiro atoms. The van der Waals surface area contributed by atoms with Gasteiger partial charge >= 0.3 is 0 Å². The van der Waals surface area contributed by atoms with E-state index in [0.29, 0.717) is 11.4 Å². The Morgan fingerprint density at radius 3 is 2.45 bits per heavy atom. The topological polar surface area (TPSA) is 67.0 Å². The van der Waals surface area contributed by atoms with Gasteiger partial charge in [-0.05, 0) is 42.0 Å². The Bertz CT molecular complexity index is 1170. The molecule has 0 atom stereocenters. The number of rotatable bonds is 6. The summed E-state index contributed by atoms with van der Waals surface area (Å²) in [6.07, 6.45) is 0. The van der Waals surface area contributed by atoms with E-state index in [0.717, 1.165) is 22.2 Å². The molecule has 1 amide bonds. The predicted octanol–water partition coefficient (Wildman–Crippen LogP) is 4.85. The molecule has 0 bridgehead atoms. The molecule has 1 N–H and O–H groups in total. The molecule has 29 heavy (non-hydrogen) atoms. The lowest BCUT2D eigenvalue weighted by molar-refractivity contribution is -0.116. The van der Waals surface area contributed by atoms with Gasteiger partial charge in [-0.15, -0.1) is 0 Å². The van der Waals surface area contributed by atoms with Gasteiger partial charge < -0.3 is 14.6 Å². The fourth-order valence-corrected chi connectivity index (χ4v) is 3.32. The molecule has 4 rings (SSSR count). The monoisotopic (exact) mass is 381 g/mol. The highest BCUT2D eigenvalue weighted by atomic mass is 16.5. The summed E-state index contributed by atoms with van der Waals surface area (Å²) in [6, 6.07) is 29.1. The lowest BCUT2D eigenvalue weighted by Gasteiger charge is -2.12. The number of aromatic nitrogens is 1. The average Bonchev–Trinajstić information content (AvgIpc) is 3.12. The van der Waals surface area contributed by atoms with Gasteiger partial charge in [0.05, 0.1) is 0 Å². The maximum atomic E-state index is 12.8. The quantitative estimate of drug-likeness (QED) is 0.519. The highest BCUT2D eigenvalue weighted by Gasteiger charge is 2.13. The van der Waals surface area contributed by atoms with Crippen molar-refractivity contribution in [2.45, 2.75) is 6.54 Å². The van der Waals surface area contributed by atoms with E-state index in [1.165, 1.54) is 0 Å². The van der Waals surface area contributed by atoms with Crippen molar-refractivity contribution < 1.29 is 9.53 Å². The average molecular weight is 381 g/mol.